The van der Waals surface area contributed by atoms with Gasteiger partial charge in [0, 0.05) is 0 Å². The van der Waals surface area contributed by atoms with E-state index in [4.69, 9.17) is 9.47 Å². The highest BCUT2D eigenvalue weighted by molar-refractivity contribution is 9.10. The predicted molar refractivity (Wildman–Crippen MR) is 62.8 cm³/mol. The third kappa shape index (κ3) is 2.26. The van der Waals surface area contributed by atoms with E-state index in [1.165, 1.54) is 5.56 Å². The Kier molecular flexibility index (Phi) is 3.49. The Balaban J connectivity index is 2.30. The van der Waals surface area contributed by atoms with Gasteiger partial charge in [-0.2, -0.15) is 0 Å². The maximum atomic E-state index is 5.65. The van der Waals surface area contributed by atoms with Crippen LogP contribution in [0.3, 0.4) is 0 Å². The lowest BCUT2D eigenvalue weighted by Gasteiger charge is -2.22. The van der Waals surface area contributed by atoms with Gasteiger partial charge in [0.15, 0.2) is 11.5 Å². The lowest BCUT2D eigenvalue weighted by molar-refractivity contribution is 0.169. The summed E-state index contributed by atoms with van der Waals surface area (Å²) in [6, 6.07) is 4.09. The van der Waals surface area contributed by atoms with Crippen molar-refractivity contribution in [2.24, 2.45) is 0 Å². The average Bonchev–Trinajstić information content (AvgIpc) is 2.29. The molecule has 1 N–H and O–H groups in total. The fourth-order valence-electron chi connectivity index (χ4n) is 1.62. The zero-order valence-corrected chi connectivity index (χ0v) is 10.3. The molecule has 0 bridgehead atoms. The van der Waals surface area contributed by atoms with Crippen LogP contribution in [0.15, 0.2) is 16.6 Å². The van der Waals surface area contributed by atoms with Crippen LogP contribution in [0.4, 0.5) is 0 Å². The topological polar surface area (TPSA) is 30.5 Å². The van der Waals surface area contributed by atoms with Gasteiger partial charge in [0.05, 0.1) is 4.47 Å². The molecular formula is C11H14BrNO2. The SMILES string of the molecule is CNCCc1ccc(Br)c2c1OCCO2. The summed E-state index contributed by atoms with van der Waals surface area (Å²) in [5.74, 6) is 1.74. The van der Waals surface area contributed by atoms with Gasteiger partial charge in [-0.3, -0.25) is 0 Å². The summed E-state index contributed by atoms with van der Waals surface area (Å²) in [6.45, 7) is 2.20. The summed E-state index contributed by atoms with van der Waals surface area (Å²) in [6.07, 6.45) is 0.954. The molecule has 2 rings (SSSR count). The summed E-state index contributed by atoms with van der Waals surface area (Å²) in [4.78, 5) is 0. The van der Waals surface area contributed by atoms with Gasteiger partial charge in [-0.05, 0) is 47.6 Å². The number of halogens is 1. The number of hydrogen-bond acceptors (Lipinski definition) is 3. The van der Waals surface area contributed by atoms with Crippen LogP contribution < -0.4 is 14.8 Å². The van der Waals surface area contributed by atoms with E-state index in [-0.39, 0.29) is 0 Å². The van der Waals surface area contributed by atoms with Gasteiger partial charge in [-0.15, -0.1) is 0 Å². The molecule has 0 saturated heterocycles. The fraction of sp³-hybridized carbons (Fsp3) is 0.455. The first-order valence-corrected chi connectivity index (χ1v) is 5.84. The minimum absolute atomic E-state index is 0.626. The van der Waals surface area contributed by atoms with Crippen molar-refractivity contribution < 1.29 is 9.47 Å². The van der Waals surface area contributed by atoms with Crippen LogP contribution in [-0.4, -0.2) is 26.8 Å². The summed E-state index contributed by atoms with van der Waals surface area (Å²) in [5, 5.41) is 3.13. The molecule has 0 amide bonds. The molecule has 1 aromatic rings. The number of nitrogens with one attached hydrogen (secondary N) is 1. The van der Waals surface area contributed by atoms with Crippen LogP contribution in [0.2, 0.25) is 0 Å². The van der Waals surface area contributed by atoms with Gasteiger partial charge in [-0.25, -0.2) is 0 Å². The lowest BCUT2D eigenvalue weighted by atomic mass is 10.1. The Morgan fingerprint density at radius 3 is 2.73 bits per heavy atom. The zero-order valence-electron chi connectivity index (χ0n) is 8.68. The first-order chi connectivity index (χ1) is 7.33. The maximum Gasteiger partial charge on any atom is 0.175 e. The first kappa shape index (κ1) is 10.8. The minimum Gasteiger partial charge on any atom is -0.486 e. The average molecular weight is 272 g/mol. The largest absolute Gasteiger partial charge is 0.486 e. The van der Waals surface area contributed by atoms with E-state index >= 15 is 0 Å². The molecule has 15 heavy (non-hydrogen) atoms. The highest BCUT2D eigenvalue weighted by Crippen LogP contribution is 2.40. The lowest BCUT2D eigenvalue weighted by Crippen LogP contribution is -2.18. The molecule has 0 unspecified atom stereocenters. The van der Waals surface area contributed by atoms with Gasteiger partial charge < -0.3 is 14.8 Å². The third-order valence-corrected chi connectivity index (χ3v) is 2.99. The normalized spacial score (nSPS) is 14.0. The van der Waals surface area contributed by atoms with E-state index < -0.39 is 0 Å². The molecule has 1 aliphatic rings. The van der Waals surface area contributed by atoms with Crippen LogP contribution in [0, 0.1) is 0 Å². The Morgan fingerprint density at radius 2 is 2.00 bits per heavy atom. The molecule has 1 aromatic carbocycles. The van der Waals surface area contributed by atoms with E-state index in [0.29, 0.717) is 13.2 Å². The Labute approximate surface area is 97.9 Å². The quantitative estimate of drug-likeness (QED) is 0.912. The van der Waals surface area contributed by atoms with Crippen molar-refractivity contribution in [3.05, 3.63) is 22.2 Å². The number of benzene rings is 1. The molecule has 0 spiro atoms. The Bertz CT molecular complexity index is 355. The second-order valence-electron chi connectivity index (χ2n) is 3.42. The summed E-state index contributed by atoms with van der Waals surface area (Å²) >= 11 is 3.46. The van der Waals surface area contributed by atoms with Crippen LogP contribution in [-0.2, 0) is 6.42 Å². The Hall–Kier alpha value is -0.740. The summed E-state index contributed by atoms with van der Waals surface area (Å²) in [5.41, 5.74) is 1.20. The van der Waals surface area contributed by atoms with E-state index in [0.717, 1.165) is 28.9 Å². The van der Waals surface area contributed by atoms with Gasteiger partial charge in [-0.1, -0.05) is 6.07 Å². The highest BCUT2D eigenvalue weighted by atomic mass is 79.9. The summed E-state index contributed by atoms with van der Waals surface area (Å²) in [7, 11) is 1.95. The van der Waals surface area contributed by atoms with Crippen molar-refractivity contribution in [2.75, 3.05) is 26.8 Å². The molecule has 4 heteroatoms. The van der Waals surface area contributed by atoms with E-state index in [1.54, 1.807) is 0 Å². The number of hydrogen-bond donors (Lipinski definition) is 1. The van der Waals surface area contributed by atoms with Crippen LogP contribution in [0.5, 0.6) is 11.5 Å². The second-order valence-corrected chi connectivity index (χ2v) is 4.27. The second kappa shape index (κ2) is 4.86. The molecule has 3 nitrogen and oxygen atoms in total. The predicted octanol–water partition coefficient (Wildman–Crippen LogP) is 1.98. The smallest absolute Gasteiger partial charge is 0.175 e. The number of ether oxygens (including phenoxy) is 2. The Morgan fingerprint density at radius 1 is 1.27 bits per heavy atom. The molecule has 0 fully saturated rings. The molecule has 1 heterocycles. The van der Waals surface area contributed by atoms with Crippen LogP contribution >= 0.6 is 15.9 Å². The van der Waals surface area contributed by atoms with Crippen LogP contribution in [0.1, 0.15) is 5.56 Å². The van der Waals surface area contributed by atoms with Crippen molar-refractivity contribution in [3.63, 3.8) is 0 Å². The molecule has 0 aromatic heterocycles. The van der Waals surface area contributed by atoms with Crippen molar-refractivity contribution in [3.8, 4) is 11.5 Å². The van der Waals surface area contributed by atoms with Gasteiger partial charge >= 0.3 is 0 Å². The fourth-order valence-corrected chi connectivity index (χ4v) is 2.04. The highest BCUT2D eigenvalue weighted by Gasteiger charge is 2.18. The molecule has 0 saturated carbocycles. The van der Waals surface area contributed by atoms with Crippen molar-refractivity contribution in [2.45, 2.75) is 6.42 Å². The molecule has 82 valence electrons. The van der Waals surface area contributed by atoms with E-state index in [1.807, 2.05) is 13.1 Å². The molecule has 1 aliphatic heterocycles. The number of likely N-dealkylation sites (N-methyl/N-ethyl adjacent to an activating group) is 1. The molecule has 0 aliphatic carbocycles. The maximum absolute atomic E-state index is 5.65. The number of rotatable bonds is 3. The van der Waals surface area contributed by atoms with Crippen molar-refractivity contribution in [1.82, 2.24) is 5.32 Å². The van der Waals surface area contributed by atoms with E-state index in [2.05, 4.69) is 27.3 Å². The zero-order chi connectivity index (χ0) is 10.7. The standard InChI is InChI=1S/C11H14BrNO2/c1-13-5-4-8-2-3-9(12)11-10(8)14-6-7-15-11/h2-3,13H,4-7H2,1H3. The summed E-state index contributed by atoms with van der Waals surface area (Å²) < 4.78 is 12.2. The van der Waals surface area contributed by atoms with Crippen LogP contribution in [0.25, 0.3) is 0 Å². The third-order valence-electron chi connectivity index (χ3n) is 2.37. The van der Waals surface area contributed by atoms with E-state index in [9.17, 15) is 0 Å². The molecule has 0 radical (unpaired) electrons. The monoisotopic (exact) mass is 271 g/mol. The number of fused-ring (bicyclic) bond motifs is 1. The van der Waals surface area contributed by atoms with Gasteiger partial charge in [0.2, 0.25) is 0 Å². The van der Waals surface area contributed by atoms with Crippen molar-refractivity contribution in [1.29, 1.82) is 0 Å². The minimum atomic E-state index is 0.626. The molecular weight excluding hydrogens is 258 g/mol. The van der Waals surface area contributed by atoms with Gasteiger partial charge in [0.1, 0.15) is 13.2 Å². The molecule has 0 atom stereocenters. The van der Waals surface area contributed by atoms with Gasteiger partial charge in [0.25, 0.3) is 0 Å². The van der Waals surface area contributed by atoms with Crippen molar-refractivity contribution >= 4 is 15.9 Å². The first-order valence-electron chi connectivity index (χ1n) is 5.04.